The highest BCUT2D eigenvalue weighted by Gasteiger charge is 2.52. The molecule has 56 heavy (non-hydrogen) atoms. The molecule has 0 saturated heterocycles. The normalized spacial score (nSPS) is 23.9. The van der Waals surface area contributed by atoms with Gasteiger partial charge < -0.3 is 9.58 Å². The van der Waals surface area contributed by atoms with Gasteiger partial charge in [0.25, 0.3) is 6.04 Å². The van der Waals surface area contributed by atoms with Crippen LogP contribution in [0.5, 0.6) is 5.88 Å². The van der Waals surface area contributed by atoms with E-state index in [1.165, 1.54) is 10.4 Å². The number of carbonyl (C=O) groups is 2. The number of aromatic nitrogens is 2. The maximum atomic E-state index is 13.4. The van der Waals surface area contributed by atoms with Crippen molar-refractivity contribution in [1.29, 1.82) is 0 Å². The number of Topliss-reactive ketones (excluding diaryl/α,β-unsaturated/α-hetero) is 2. The van der Waals surface area contributed by atoms with Crippen LogP contribution in [0.1, 0.15) is 57.6 Å². The van der Waals surface area contributed by atoms with Gasteiger partial charge in [-0.1, -0.05) is 118 Å². The molecule has 2 fully saturated rings. The first-order chi connectivity index (χ1) is 26.1. The first-order valence-corrected chi connectivity index (χ1v) is 27.2. The Hall–Kier alpha value is -3.24. The molecular formula is C46H59Br2N3O3Si2. The molecule has 0 radical (unpaired) electrons. The maximum Gasteiger partial charge on any atom is 0.281 e. The number of ketones is 2. The van der Waals surface area contributed by atoms with Gasteiger partial charge in [-0.15, -0.1) is 0 Å². The van der Waals surface area contributed by atoms with Gasteiger partial charge >= 0.3 is 0 Å². The summed E-state index contributed by atoms with van der Waals surface area (Å²) in [7, 11) is -2.15. The molecule has 2 aliphatic carbocycles. The molecule has 2 aromatic heterocycles. The second-order valence-electron chi connectivity index (χ2n) is 16.8. The van der Waals surface area contributed by atoms with E-state index in [-0.39, 0.29) is 30.6 Å². The van der Waals surface area contributed by atoms with E-state index < -0.39 is 22.2 Å². The highest BCUT2D eigenvalue weighted by atomic mass is 79.9. The summed E-state index contributed by atoms with van der Waals surface area (Å²) in [5.74, 6) is 1.85. The number of methoxy groups -OCH3 is 1. The highest BCUT2D eigenvalue weighted by Crippen LogP contribution is 2.47. The summed E-state index contributed by atoms with van der Waals surface area (Å²) in [5, 5.41) is 2.81. The summed E-state index contributed by atoms with van der Waals surface area (Å²) >= 11 is 7.24. The quantitative estimate of drug-likeness (QED) is 0.124. The van der Waals surface area contributed by atoms with Crippen LogP contribution in [0.15, 0.2) is 93.9 Å². The Balaban J connectivity index is 0.000000244. The molecule has 2 saturated carbocycles. The molecule has 1 unspecified atom stereocenters. The zero-order valence-corrected chi connectivity index (χ0v) is 38.7. The van der Waals surface area contributed by atoms with E-state index in [0.717, 1.165) is 32.4 Å². The van der Waals surface area contributed by atoms with Crippen LogP contribution in [-0.2, 0) is 22.4 Å². The molecule has 4 aromatic rings. The van der Waals surface area contributed by atoms with E-state index in [2.05, 4.69) is 136 Å². The van der Waals surface area contributed by atoms with E-state index >= 15 is 0 Å². The van der Waals surface area contributed by atoms with Crippen LogP contribution < -0.4 is 15.1 Å². The largest absolute Gasteiger partial charge is 0.481 e. The van der Waals surface area contributed by atoms with Gasteiger partial charge in [-0.2, -0.15) is 0 Å². The topological polar surface area (TPSA) is 73.5 Å². The van der Waals surface area contributed by atoms with Gasteiger partial charge in [0.15, 0.2) is 0 Å². The fourth-order valence-corrected chi connectivity index (χ4v) is 19.2. The lowest BCUT2D eigenvalue weighted by Crippen LogP contribution is -2.56. The molecule has 2 heterocycles. The zero-order valence-electron chi connectivity index (χ0n) is 33.5. The molecule has 2 aromatic carbocycles. The Labute approximate surface area is 354 Å². The van der Waals surface area contributed by atoms with E-state index in [4.69, 9.17) is 16.3 Å². The van der Waals surface area contributed by atoms with Crippen LogP contribution in [0.2, 0.25) is 37.3 Å². The van der Waals surface area contributed by atoms with E-state index in [0.29, 0.717) is 54.7 Å². The number of rotatable bonds is 9. The number of carbonyl (C=O) groups excluding carboxylic acids is 2. The molecule has 0 amide bonds. The lowest BCUT2D eigenvalue weighted by atomic mass is 9.76. The van der Waals surface area contributed by atoms with Gasteiger partial charge in [0.2, 0.25) is 11.7 Å². The minimum absolute atomic E-state index is 0. The molecule has 0 spiro atoms. The average molecular weight is 918 g/mol. The summed E-state index contributed by atoms with van der Waals surface area (Å²) in [6, 6.07) is 28.7. The van der Waals surface area contributed by atoms with Crippen LogP contribution in [0, 0.1) is 37.2 Å². The molecule has 2 aliphatic rings. The molecule has 0 aliphatic heterocycles. The predicted octanol–water partition coefficient (Wildman–Crippen LogP) is 10.8. The van der Waals surface area contributed by atoms with Crippen LogP contribution in [0.3, 0.4) is 0 Å². The van der Waals surface area contributed by atoms with Crippen molar-refractivity contribution in [3.63, 3.8) is 0 Å². The molecular weight excluding hydrogens is 859 g/mol. The maximum absolute atomic E-state index is 13.4. The molecule has 10 heteroatoms. The second kappa shape index (κ2) is 19.5. The average Bonchev–Trinajstić information content (AvgIpc) is 3.17. The van der Waals surface area contributed by atoms with Crippen molar-refractivity contribution < 1.29 is 14.3 Å². The zero-order chi connectivity index (χ0) is 40.1. The number of halogens is 2. The lowest BCUT2D eigenvalue weighted by Gasteiger charge is -2.44. The first kappa shape index (κ1) is 45.5. The van der Waals surface area contributed by atoms with Crippen molar-refractivity contribution in [2.24, 2.45) is 23.7 Å². The van der Waals surface area contributed by atoms with Gasteiger partial charge in [-0.25, -0.2) is 11.6 Å². The Morgan fingerprint density at radius 2 is 1.25 bits per heavy atom. The minimum atomic E-state index is -1.94. The van der Waals surface area contributed by atoms with E-state index in [1.807, 2.05) is 37.3 Å². The van der Waals surface area contributed by atoms with Crippen LogP contribution >= 0.6 is 31.9 Å². The monoisotopic (exact) mass is 915 g/mol. The van der Waals surface area contributed by atoms with Crippen molar-refractivity contribution >= 4 is 69.9 Å². The third-order valence-electron chi connectivity index (χ3n) is 12.5. The van der Waals surface area contributed by atoms with E-state index in [9.17, 15) is 9.59 Å². The highest BCUT2D eigenvalue weighted by molar-refractivity contribution is 9.10. The van der Waals surface area contributed by atoms with Crippen molar-refractivity contribution in [3.8, 4) is 5.88 Å². The lowest BCUT2D eigenvalue weighted by molar-refractivity contribution is -0.126. The number of ether oxygens (including phenoxy) is 1. The minimum Gasteiger partial charge on any atom is -0.481 e. The summed E-state index contributed by atoms with van der Waals surface area (Å²) in [5.41, 5.74) is 3.49. The third-order valence-corrected chi connectivity index (χ3v) is 22.8. The Kier molecular flexibility index (Phi) is 15.8. The Morgan fingerprint density at radius 1 is 0.750 bits per heavy atom. The van der Waals surface area contributed by atoms with Crippen LogP contribution in [-0.4, -0.2) is 50.8 Å². The van der Waals surface area contributed by atoms with Crippen molar-refractivity contribution in [3.05, 3.63) is 122 Å². The first-order valence-electron chi connectivity index (χ1n) is 19.5. The standard InChI is InChI=1S/C23H27BrN2OSi.C22H28BrNO2Si.CH4/c1-15-13-21(25-3)22(27)18(14-20-19(24)12-11-16(2)26-20)23(15)28(4,5)17-9-7-6-8-10-17;1-15-10-12-20(25)17(14-19-18(23)11-13-21(24-19)26-2)22(15)27(3,4)16-8-6-5-7-9-16;/h6-12,15,18,21,23H,13-14H2,1-2,4-5H3;5-9,11,13,15,17,22H,10,12,14H2,1-4H3;1H4/t15-,18+,21?,23+;15-,17+,22+;/m11./s1. The summed E-state index contributed by atoms with van der Waals surface area (Å²) in [6.45, 7) is 23.7. The van der Waals surface area contributed by atoms with Crippen molar-refractivity contribution in [1.82, 2.24) is 9.97 Å². The van der Waals surface area contributed by atoms with Gasteiger partial charge in [0.1, 0.15) is 5.78 Å². The number of aryl methyl sites for hydroxylation is 1. The summed E-state index contributed by atoms with van der Waals surface area (Å²) < 4.78 is 7.20. The smallest absolute Gasteiger partial charge is 0.281 e. The number of benzene rings is 2. The molecule has 298 valence electrons. The Bertz CT molecular complexity index is 2000. The number of hydrogen-bond acceptors (Lipinski definition) is 5. The summed E-state index contributed by atoms with van der Waals surface area (Å²) in [4.78, 5) is 39.4. The fraction of sp³-hybridized carbons (Fsp3) is 0.457. The molecule has 6 nitrogen and oxygen atoms in total. The van der Waals surface area contributed by atoms with E-state index in [1.54, 1.807) is 7.11 Å². The van der Waals surface area contributed by atoms with Gasteiger partial charge in [0, 0.05) is 58.2 Å². The van der Waals surface area contributed by atoms with Crippen molar-refractivity contribution in [2.45, 2.75) is 104 Å². The van der Waals surface area contributed by atoms with Crippen molar-refractivity contribution in [2.75, 3.05) is 7.11 Å². The predicted molar refractivity (Wildman–Crippen MR) is 243 cm³/mol. The SMILES string of the molecule is C.COc1ccc(Br)c(C[C@H]2C(=O)CC[C@@H](C)[C@@H]2[Si](C)(C)c2ccccc2)n1.[C-]#[N+]C1C[C@@H](C)[C@H]([Si](C)(C)c2ccccc2)[C@@H](Cc2nc(C)ccc2Br)C1=O. The summed E-state index contributed by atoms with van der Waals surface area (Å²) in [6.07, 6.45) is 3.63. The number of hydrogen-bond donors (Lipinski definition) is 0. The molecule has 6 rings (SSSR count). The fourth-order valence-electron chi connectivity index (χ4n) is 9.78. The van der Waals surface area contributed by atoms with Gasteiger partial charge in [0.05, 0.1) is 34.6 Å². The van der Waals surface area contributed by atoms with Crippen LogP contribution in [0.25, 0.3) is 4.85 Å². The Morgan fingerprint density at radius 3 is 1.79 bits per heavy atom. The van der Waals surface area contributed by atoms with Gasteiger partial charge in [-0.05, 0) is 86.3 Å². The molecule has 0 bridgehead atoms. The molecule has 0 N–H and O–H groups in total. The number of nitrogens with zero attached hydrogens (tertiary/aromatic N) is 3. The van der Waals surface area contributed by atoms with Gasteiger partial charge in [-0.3, -0.25) is 14.6 Å². The second-order valence-corrected chi connectivity index (χ2v) is 27.8. The molecule has 7 atom stereocenters. The number of pyridine rings is 2. The van der Waals surface area contributed by atoms with Crippen LogP contribution in [0.4, 0.5) is 0 Å². The third kappa shape index (κ3) is 10.1.